The van der Waals surface area contributed by atoms with Gasteiger partial charge in [0, 0.05) is 36.5 Å². The minimum atomic E-state index is -1.83. The topological polar surface area (TPSA) is 132 Å². The molecular weight excluding hydrogens is 608 g/mol. The van der Waals surface area contributed by atoms with Crippen molar-refractivity contribution in [3.63, 3.8) is 0 Å². The highest BCUT2D eigenvalue weighted by Gasteiger charge is 2.77. The van der Waals surface area contributed by atoms with Crippen LogP contribution in [0.15, 0.2) is 41.5 Å². The van der Waals surface area contributed by atoms with Crippen LogP contribution in [-0.4, -0.2) is 92.8 Å². The lowest BCUT2D eigenvalue weighted by atomic mass is 9.43. The molecule has 0 radical (unpaired) electrons. The fraction of sp³-hybridized carbons (Fsp3) is 0.722. The van der Waals surface area contributed by atoms with Gasteiger partial charge in [-0.1, -0.05) is 72.2 Å². The van der Waals surface area contributed by atoms with E-state index in [1.54, 1.807) is 30.3 Å². The zero-order chi connectivity index (χ0) is 34.0. The fourth-order valence-corrected chi connectivity index (χ4v) is 12.0. The number of aliphatic hydroxyl groups is 3. The number of esters is 2. The van der Waals surface area contributed by atoms with E-state index in [1.807, 2.05) is 34.6 Å². The Balaban J connectivity index is 1.83. The summed E-state index contributed by atoms with van der Waals surface area (Å²) in [4.78, 5) is 26.9. The van der Waals surface area contributed by atoms with Gasteiger partial charge in [0.1, 0.15) is 17.8 Å². The standard InChI is InChI=1S/C36H54O9S/c1-10-46(11-2,12-3)45-26-18-27-35(20-42-27,44-23(6)37)29-31(43-32(40)24-16-14-13-15-17-24)36(41)19-25(38)21(4)28(33(36,7)8)22(5)30(39)34(26,29)9/h13-17,22,25-27,29-31,38-39,41H,10-12,18-20H2,1-9H3/t22-,25+,26+,27-,29+,30?,31+,34-,35+,36-/m1/s1. The second-order valence-electron chi connectivity index (χ2n) is 14.6. The van der Waals surface area contributed by atoms with Crippen LogP contribution in [0.1, 0.15) is 85.5 Å². The van der Waals surface area contributed by atoms with E-state index in [1.165, 1.54) is 6.92 Å². The van der Waals surface area contributed by atoms with Gasteiger partial charge < -0.3 is 33.7 Å². The Bertz CT molecular complexity index is 1350. The molecule has 2 saturated carbocycles. The molecule has 1 saturated heterocycles. The molecule has 258 valence electrons. The summed E-state index contributed by atoms with van der Waals surface area (Å²) in [5.41, 5.74) is -3.68. The molecule has 1 unspecified atom stereocenters. The Labute approximate surface area is 275 Å². The molecule has 10 heteroatoms. The monoisotopic (exact) mass is 662 g/mol. The van der Waals surface area contributed by atoms with Crippen LogP contribution in [0.4, 0.5) is 0 Å². The molecule has 1 aromatic rings. The Morgan fingerprint density at radius 1 is 1.04 bits per heavy atom. The summed E-state index contributed by atoms with van der Waals surface area (Å²) in [5.74, 6) is -0.200. The summed E-state index contributed by atoms with van der Waals surface area (Å²) in [7, 11) is -1.58. The van der Waals surface area contributed by atoms with E-state index in [4.69, 9.17) is 18.4 Å². The van der Waals surface area contributed by atoms with Crippen molar-refractivity contribution >= 4 is 22.2 Å². The van der Waals surface area contributed by atoms with Crippen molar-refractivity contribution in [2.45, 2.75) is 117 Å². The molecule has 4 aliphatic rings. The summed E-state index contributed by atoms with van der Waals surface area (Å²) < 4.78 is 26.2. The lowest BCUT2D eigenvalue weighted by Gasteiger charge is -2.70. The second-order valence-corrected chi connectivity index (χ2v) is 18.5. The van der Waals surface area contributed by atoms with Gasteiger partial charge in [-0.05, 0) is 41.9 Å². The molecule has 1 aromatic carbocycles. The molecule has 5 rings (SSSR count). The van der Waals surface area contributed by atoms with Crippen molar-refractivity contribution in [1.82, 2.24) is 0 Å². The lowest BCUT2D eigenvalue weighted by molar-refractivity contribution is -0.360. The van der Waals surface area contributed by atoms with Crippen LogP contribution in [0.2, 0.25) is 0 Å². The summed E-state index contributed by atoms with van der Waals surface area (Å²) in [5, 5.41) is 37.5. The average molecular weight is 663 g/mol. The molecule has 3 N–H and O–H groups in total. The highest BCUT2D eigenvalue weighted by molar-refractivity contribution is 8.29. The van der Waals surface area contributed by atoms with E-state index in [0.717, 1.165) is 22.8 Å². The number of hydrogen-bond donors (Lipinski definition) is 3. The van der Waals surface area contributed by atoms with E-state index < -0.39 is 86.6 Å². The molecule has 1 aliphatic heterocycles. The number of aliphatic hydroxyl groups excluding tert-OH is 2. The highest BCUT2D eigenvalue weighted by atomic mass is 32.3. The Kier molecular flexibility index (Phi) is 9.36. The number of ether oxygens (including phenoxy) is 3. The molecule has 2 bridgehead atoms. The molecule has 3 aliphatic carbocycles. The van der Waals surface area contributed by atoms with Gasteiger partial charge in [-0.3, -0.25) is 4.79 Å². The van der Waals surface area contributed by atoms with Gasteiger partial charge in [0.15, 0.2) is 5.60 Å². The normalized spacial score (nSPS) is 40.4. The van der Waals surface area contributed by atoms with Gasteiger partial charge >= 0.3 is 11.9 Å². The average Bonchev–Trinajstić information content (AvgIpc) is 3.01. The predicted molar refractivity (Wildman–Crippen MR) is 177 cm³/mol. The summed E-state index contributed by atoms with van der Waals surface area (Å²) >= 11 is 0. The maximum absolute atomic E-state index is 14.0. The van der Waals surface area contributed by atoms with Crippen LogP contribution >= 0.6 is 10.3 Å². The molecule has 0 aromatic heterocycles. The first-order valence-corrected chi connectivity index (χ1v) is 18.9. The summed E-state index contributed by atoms with van der Waals surface area (Å²) in [6.07, 6.45) is -4.40. The van der Waals surface area contributed by atoms with Gasteiger partial charge in [-0.25, -0.2) is 4.79 Å². The first-order chi connectivity index (χ1) is 21.5. The molecule has 0 spiro atoms. The summed E-state index contributed by atoms with van der Waals surface area (Å²) in [6, 6.07) is 8.57. The van der Waals surface area contributed by atoms with Gasteiger partial charge in [-0.2, -0.15) is 0 Å². The van der Waals surface area contributed by atoms with E-state index in [9.17, 15) is 24.9 Å². The van der Waals surface area contributed by atoms with E-state index in [0.29, 0.717) is 17.6 Å². The second kappa shape index (κ2) is 12.2. The van der Waals surface area contributed by atoms with E-state index in [-0.39, 0.29) is 13.0 Å². The molecule has 10 atom stereocenters. The predicted octanol–water partition coefficient (Wildman–Crippen LogP) is 4.95. The van der Waals surface area contributed by atoms with Crippen molar-refractivity contribution in [3.05, 3.63) is 47.0 Å². The number of fused-ring (bicyclic) bond motifs is 5. The molecule has 9 nitrogen and oxygen atoms in total. The minimum Gasteiger partial charge on any atom is -0.455 e. The Morgan fingerprint density at radius 2 is 1.65 bits per heavy atom. The highest BCUT2D eigenvalue weighted by Crippen LogP contribution is 2.68. The van der Waals surface area contributed by atoms with Crippen molar-refractivity contribution in [1.29, 1.82) is 0 Å². The maximum Gasteiger partial charge on any atom is 0.338 e. The molecular formula is C36H54O9S. The van der Waals surface area contributed by atoms with Gasteiger partial charge in [0.2, 0.25) is 0 Å². The molecule has 3 fully saturated rings. The van der Waals surface area contributed by atoms with Crippen molar-refractivity contribution < 1.29 is 43.3 Å². The number of rotatable bonds is 8. The first kappa shape index (κ1) is 35.4. The van der Waals surface area contributed by atoms with Crippen molar-refractivity contribution in [3.8, 4) is 0 Å². The third-order valence-electron chi connectivity index (χ3n) is 12.4. The molecule has 0 amide bonds. The van der Waals surface area contributed by atoms with Crippen LogP contribution < -0.4 is 0 Å². The number of carbonyl (C=O) groups excluding carboxylic acids is 2. The Hall–Kier alpha value is -1.95. The van der Waals surface area contributed by atoms with Gasteiger partial charge in [0.25, 0.3) is 0 Å². The quantitative estimate of drug-likeness (QED) is 0.261. The van der Waals surface area contributed by atoms with Crippen LogP contribution in [-0.2, 0) is 23.2 Å². The number of carbonyl (C=O) groups is 2. The SMILES string of the molecule is CCS(CC)(CC)O[C@H]1C[C@H]2OC[C@@]2(OC(C)=O)[C@H]2[C@H](OC(=O)c3ccccc3)[C@]3(O)C[C@H](O)C(C)=C([C@@H](C)C(O)[C@]12C)C3(C)C. The third kappa shape index (κ3) is 5.00. The maximum atomic E-state index is 14.0. The third-order valence-corrected chi connectivity index (χ3v) is 16.2. The largest absolute Gasteiger partial charge is 0.455 e. The van der Waals surface area contributed by atoms with Crippen LogP contribution in [0.5, 0.6) is 0 Å². The number of hydrogen-bond acceptors (Lipinski definition) is 9. The lowest BCUT2D eigenvalue weighted by Crippen LogP contribution is -2.82. The zero-order valence-corrected chi connectivity index (χ0v) is 29.7. The van der Waals surface area contributed by atoms with Crippen LogP contribution in [0.3, 0.4) is 0 Å². The van der Waals surface area contributed by atoms with Crippen LogP contribution in [0, 0.1) is 22.7 Å². The van der Waals surface area contributed by atoms with Crippen LogP contribution in [0.25, 0.3) is 0 Å². The van der Waals surface area contributed by atoms with Gasteiger partial charge in [0.05, 0.1) is 36.4 Å². The molecule has 46 heavy (non-hydrogen) atoms. The zero-order valence-electron chi connectivity index (χ0n) is 28.9. The number of benzene rings is 1. The fourth-order valence-electron chi connectivity index (χ4n) is 9.59. The van der Waals surface area contributed by atoms with E-state index >= 15 is 0 Å². The smallest absolute Gasteiger partial charge is 0.338 e. The van der Waals surface area contributed by atoms with Gasteiger partial charge in [-0.15, -0.1) is 10.3 Å². The first-order valence-electron chi connectivity index (χ1n) is 16.8. The Morgan fingerprint density at radius 3 is 2.17 bits per heavy atom. The summed E-state index contributed by atoms with van der Waals surface area (Å²) in [6.45, 7) is 17.2. The van der Waals surface area contributed by atoms with Crippen molar-refractivity contribution in [2.24, 2.45) is 22.7 Å². The van der Waals surface area contributed by atoms with Crippen molar-refractivity contribution in [2.75, 3.05) is 23.9 Å². The van der Waals surface area contributed by atoms with E-state index in [2.05, 4.69) is 20.8 Å². The molecule has 1 heterocycles. The minimum absolute atomic E-state index is 0.0127.